The number of nitrogens with one attached hydrogen (secondary N) is 1. The van der Waals surface area contributed by atoms with Crippen LogP contribution in [0.15, 0.2) is 64.1 Å². The number of methoxy groups -OCH3 is 1. The minimum Gasteiger partial charge on any atom is -0.497 e. The van der Waals surface area contributed by atoms with E-state index >= 15 is 0 Å². The molecular weight excluding hydrogens is 418 g/mol. The molecule has 170 valence electrons. The summed E-state index contributed by atoms with van der Waals surface area (Å²) in [6.07, 6.45) is 3.98. The smallest absolute Gasteiger partial charge is 0.339 e. The quantitative estimate of drug-likeness (QED) is 0.435. The molecule has 0 aliphatic carbocycles. The Morgan fingerprint density at radius 1 is 1.18 bits per heavy atom. The Morgan fingerprint density at radius 3 is 2.61 bits per heavy atom. The van der Waals surface area contributed by atoms with Gasteiger partial charge in [-0.1, -0.05) is 24.3 Å². The van der Waals surface area contributed by atoms with Gasteiger partial charge in [0, 0.05) is 36.8 Å². The van der Waals surface area contributed by atoms with Gasteiger partial charge in [-0.3, -0.25) is 4.79 Å². The molecule has 0 bridgehead atoms. The molecule has 7 heteroatoms. The first kappa shape index (κ1) is 22.3. The number of carbonyl (C=O) groups is 1. The van der Waals surface area contributed by atoms with E-state index in [1.807, 2.05) is 74.1 Å². The number of hydrogen-bond acceptors (Lipinski definition) is 5. The van der Waals surface area contributed by atoms with Crippen LogP contribution in [0.3, 0.4) is 0 Å². The number of nitrogens with zero attached hydrogens (tertiary/aromatic N) is 2. The molecule has 2 aromatic carbocycles. The predicted molar refractivity (Wildman–Crippen MR) is 126 cm³/mol. The van der Waals surface area contributed by atoms with Crippen molar-refractivity contribution >= 4 is 16.9 Å². The molecule has 7 nitrogen and oxygen atoms in total. The third-order valence-electron chi connectivity index (χ3n) is 5.92. The summed E-state index contributed by atoms with van der Waals surface area (Å²) in [5.74, 6) is 1.27. The summed E-state index contributed by atoms with van der Waals surface area (Å²) >= 11 is 0. The Bertz CT molecular complexity index is 1350. The Labute approximate surface area is 192 Å². The third-order valence-corrected chi connectivity index (χ3v) is 5.92. The second-order valence-electron chi connectivity index (χ2n) is 8.16. The van der Waals surface area contributed by atoms with Gasteiger partial charge in [0.25, 0.3) is 0 Å². The lowest BCUT2D eigenvalue weighted by Crippen LogP contribution is -2.31. The van der Waals surface area contributed by atoms with Crippen molar-refractivity contribution in [1.29, 1.82) is 0 Å². The molecule has 0 saturated heterocycles. The van der Waals surface area contributed by atoms with Gasteiger partial charge < -0.3 is 19.0 Å². The molecule has 0 aliphatic rings. The van der Waals surface area contributed by atoms with E-state index < -0.39 is 11.7 Å². The van der Waals surface area contributed by atoms with E-state index in [-0.39, 0.29) is 12.3 Å². The second kappa shape index (κ2) is 9.32. The number of amides is 1. The van der Waals surface area contributed by atoms with Crippen molar-refractivity contribution in [3.05, 3.63) is 93.4 Å². The van der Waals surface area contributed by atoms with E-state index in [9.17, 15) is 9.59 Å². The molecule has 0 aliphatic heterocycles. The van der Waals surface area contributed by atoms with Crippen LogP contribution in [0, 0.1) is 13.8 Å². The van der Waals surface area contributed by atoms with E-state index in [4.69, 9.17) is 9.15 Å². The van der Waals surface area contributed by atoms with Gasteiger partial charge in [0.05, 0.1) is 7.11 Å². The summed E-state index contributed by atoms with van der Waals surface area (Å²) in [5, 5.41) is 3.96. The number of aryl methyl sites for hydroxylation is 3. The molecule has 4 rings (SSSR count). The molecule has 1 atom stereocenters. The average molecular weight is 446 g/mol. The minimum atomic E-state index is -0.430. The zero-order chi connectivity index (χ0) is 23.5. The van der Waals surface area contributed by atoms with Crippen molar-refractivity contribution in [2.75, 3.05) is 7.11 Å². The van der Waals surface area contributed by atoms with Crippen molar-refractivity contribution < 1.29 is 13.9 Å². The van der Waals surface area contributed by atoms with Gasteiger partial charge in [-0.25, -0.2) is 9.78 Å². The van der Waals surface area contributed by atoms with Crippen LogP contribution in [-0.4, -0.2) is 22.6 Å². The van der Waals surface area contributed by atoms with Crippen LogP contribution in [0.5, 0.6) is 5.75 Å². The predicted octanol–water partition coefficient (Wildman–Crippen LogP) is 3.99. The number of hydrogen-bond donors (Lipinski definition) is 1. The fraction of sp³-hybridized carbons (Fsp3) is 0.269. The maximum absolute atomic E-state index is 13.0. The number of ether oxygens (including phenoxy) is 1. The highest BCUT2D eigenvalue weighted by Gasteiger charge is 2.21. The molecule has 2 aromatic heterocycles. The summed E-state index contributed by atoms with van der Waals surface area (Å²) in [6.45, 7) is 3.85. The summed E-state index contributed by atoms with van der Waals surface area (Å²) < 4.78 is 12.6. The van der Waals surface area contributed by atoms with Gasteiger partial charge in [0.15, 0.2) is 0 Å². The molecule has 0 fully saturated rings. The maximum atomic E-state index is 13.0. The molecular formula is C26H27N3O4. The molecule has 0 radical (unpaired) electrons. The van der Waals surface area contributed by atoms with Gasteiger partial charge in [0.2, 0.25) is 5.91 Å². The molecule has 2 heterocycles. The summed E-state index contributed by atoms with van der Waals surface area (Å²) in [7, 11) is 3.50. The number of carbonyl (C=O) groups excluding carboxylic acids is 1. The van der Waals surface area contributed by atoms with Gasteiger partial charge in [-0.2, -0.15) is 0 Å². The fourth-order valence-electron chi connectivity index (χ4n) is 4.01. The van der Waals surface area contributed by atoms with Crippen LogP contribution in [0.1, 0.15) is 40.5 Å². The Kier molecular flexibility index (Phi) is 6.31. The van der Waals surface area contributed by atoms with E-state index in [2.05, 4.69) is 10.3 Å². The van der Waals surface area contributed by atoms with Crippen LogP contribution in [0.4, 0.5) is 0 Å². The van der Waals surface area contributed by atoms with Gasteiger partial charge in [-0.05, 0) is 55.2 Å². The molecule has 33 heavy (non-hydrogen) atoms. The minimum absolute atomic E-state index is 0.153. The van der Waals surface area contributed by atoms with Gasteiger partial charge in [0.1, 0.15) is 23.2 Å². The van der Waals surface area contributed by atoms with Crippen molar-refractivity contribution in [2.24, 2.45) is 7.05 Å². The number of fused-ring (bicyclic) bond motifs is 1. The average Bonchev–Trinajstić information content (AvgIpc) is 3.22. The molecule has 0 unspecified atom stereocenters. The van der Waals surface area contributed by atoms with Crippen LogP contribution in [0.2, 0.25) is 0 Å². The summed E-state index contributed by atoms with van der Waals surface area (Å²) in [5.41, 5.74) is 3.46. The zero-order valence-electron chi connectivity index (χ0n) is 19.2. The summed E-state index contributed by atoms with van der Waals surface area (Å²) in [6, 6.07) is 12.9. The normalized spacial score (nSPS) is 12.0. The molecule has 0 spiro atoms. The molecule has 1 N–H and O–H groups in total. The van der Waals surface area contributed by atoms with Crippen LogP contribution in [0.25, 0.3) is 11.0 Å². The molecule has 1 amide bonds. The monoisotopic (exact) mass is 445 g/mol. The lowest BCUT2D eigenvalue weighted by atomic mass is 10.0. The highest BCUT2D eigenvalue weighted by atomic mass is 16.5. The molecule has 4 aromatic rings. The first-order valence-electron chi connectivity index (χ1n) is 10.8. The van der Waals surface area contributed by atoms with Crippen LogP contribution >= 0.6 is 0 Å². The zero-order valence-corrected chi connectivity index (χ0v) is 19.2. The van der Waals surface area contributed by atoms with Crippen molar-refractivity contribution in [2.45, 2.75) is 32.7 Å². The topological polar surface area (TPSA) is 86.4 Å². The van der Waals surface area contributed by atoms with Gasteiger partial charge >= 0.3 is 5.63 Å². The standard InChI is InChI=1S/C26H27N3O4/c1-16-5-10-20-17(2)21(26(31)33-22(20)15-16)11-12-23(30)28-24(25-27-13-14-29(25)3)18-6-8-19(32-4)9-7-18/h5-10,13-15,24H,11-12H2,1-4H3,(H,28,30)/t24-/m1/s1. The lowest BCUT2D eigenvalue weighted by molar-refractivity contribution is -0.121. The van der Waals surface area contributed by atoms with Crippen LogP contribution < -0.4 is 15.7 Å². The lowest BCUT2D eigenvalue weighted by Gasteiger charge is -2.19. The number of rotatable bonds is 7. The highest BCUT2D eigenvalue weighted by Crippen LogP contribution is 2.24. The number of aromatic nitrogens is 2. The number of benzene rings is 2. The van der Waals surface area contributed by atoms with E-state index in [1.54, 1.807) is 13.3 Å². The highest BCUT2D eigenvalue weighted by molar-refractivity contribution is 5.82. The largest absolute Gasteiger partial charge is 0.497 e. The maximum Gasteiger partial charge on any atom is 0.339 e. The van der Waals surface area contributed by atoms with Gasteiger partial charge in [-0.15, -0.1) is 0 Å². The Morgan fingerprint density at radius 2 is 1.94 bits per heavy atom. The second-order valence-corrected chi connectivity index (χ2v) is 8.16. The van der Waals surface area contributed by atoms with Crippen molar-refractivity contribution in [1.82, 2.24) is 14.9 Å². The number of imidazole rings is 1. The van der Waals surface area contributed by atoms with E-state index in [0.717, 1.165) is 27.8 Å². The first-order valence-corrected chi connectivity index (χ1v) is 10.8. The Hall–Kier alpha value is -3.87. The van der Waals surface area contributed by atoms with E-state index in [0.29, 0.717) is 23.4 Å². The SMILES string of the molecule is COc1ccc([C@@H](NC(=O)CCc2c(C)c3ccc(C)cc3oc2=O)c2nccn2C)cc1. The summed E-state index contributed by atoms with van der Waals surface area (Å²) in [4.78, 5) is 30.0. The van der Waals surface area contributed by atoms with Crippen LogP contribution in [-0.2, 0) is 18.3 Å². The molecule has 0 saturated carbocycles. The first-order chi connectivity index (χ1) is 15.9. The fourth-order valence-corrected chi connectivity index (χ4v) is 4.01. The van der Waals surface area contributed by atoms with Crippen molar-refractivity contribution in [3.63, 3.8) is 0 Å². The van der Waals surface area contributed by atoms with E-state index in [1.165, 1.54) is 0 Å². The third kappa shape index (κ3) is 4.67. The Balaban J connectivity index is 1.55. The van der Waals surface area contributed by atoms with Crippen molar-refractivity contribution in [3.8, 4) is 5.75 Å².